The number of aliphatic hydroxyl groups is 2. The number of carbonyl (C=O) groups is 4. The minimum absolute atomic E-state index is 0.0203. The van der Waals surface area contributed by atoms with Crippen LogP contribution in [0.2, 0.25) is 0 Å². The van der Waals surface area contributed by atoms with Gasteiger partial charge in [-0.1, -0.05) is 78.9 Å². The molecule has 4 atom stereocenters. The average molecular weight is 1800 g/mol. The van der Waals surface area contributed by atoms with Gasteiger partial charge in [-0.15, -0.1) is 0 Å². The van der Waals surface area contributed by atoms with Crippen LogP contribution in [0.5, 0.6) is 46.0 Å². The number of nitrogens with one attached hydrogen (secondary N) is 1. The number of aromatic nitrogens is 8. The van der Waals surface area contributed by atoms with Gasteiger partial charge in [-0.25, -0.2) is 31.9 Å². The van der Waals surface area contributed by atoms with Crippen molar-refractivity contribution in [2.75, 3.05) is 80.7 Å². The van der Waals surface area contributed by atoms with Crippen molar-refractivity contribution >= 4 is 67.9 Å². The molecule has 17 rings (SSSR count). The summed E-state index contributed by atoms with van der Waals surface area (Å²) in [6.45, 7) is 5.41. The third-order valence-electron chi connectivity index (χ3n) is 21.5. The van der Waals surface area contributed by atoms with Crippen molar-refractivity contribution < 1.29 is 114 Å². The fraction of sp³-hybridized carbons (Fsp3) is 0.298. The lowest BCUT2D eigenvalue weighted by atomic mass is 10.0. The van der Waals surface area contributed by atoms with Crippen LogP contribution in [-0.2, 0) is 86.9 Å². The van der Waals surface area contributed by atoms with E-state index >= 15 is 0 Å². The summed E-state index contributed by atoms with van der Waals surface area (Å²) in [6.07, 6.45) is 5.34. The molecule has 4 aliphatic rings. The van der Waals surface area contributed by atoms with Gasteiger partial charge in [-0.3, -0.25) is 62.2 Å². The number of aromatic hydroxyl groups is 3. The summed E-state index contributed by atoms with van der Waals surface area (Å²) in [5.41, 5.74) is 4.06. The number of rotatable bonds is 27. The molecule has 1 amide bonds. The highest BCUT2D eigenvalue weighted by molar-refractivity contribution is 6.04. The van der Waals surface area contributed by atoms with Crippen LogP contribution in [-0.4, -0.2) is 193 Å². The topological polar surface area (TPSA) is 423 Å². The molecule has 131 heavy (non-hydrogen) atoms. The Morgan fingerprint density at radius 3 is 1.03 bits per heavy atom. The fourth-order valence-electron chi connectivity index (χ4n) is 15.6. The van der Waals surface area contributed by atoms with Crippen molar-refractivity contribution in [2.45, 2.75) is 104 Å². The molecule has 0 saturated carbocycles. The zero-order valence-corrected chi connectivity index (χ0v) is 71.6. The SMILES string of the molecule is CCOC(=O)c1c(O)c2ncc(Cc3ccc(F)cc3)c3c2n(c1=O)CC(CO)O3.CCOC(=O)c1c(O)c2ncc(Cc3ccc(F)cc3)c3c2n(c1=O)CC(COC)O3.CCOC(=O)c1c(OCc2ccccc2)c2ncc(Cc3ccc(F)cc3)c3c2n(c1=O)CC(COC)O3.COCC1Cn2c(=O)c(C(=O)NCCO)c(O)c3ncc(Cc4ccc(F)cc4)c(c32)O1. The maximum Gasteiger partial charge on any atom is 0.347 e. The molecule has 6 N–H and O–H groups in total. The Balaban J connectivity index is 0.000000141. The van der Waals surface area contributed by atoms with Gasteiger partial charge < -0.3 is 83.0 Å². The van der Waals surface area contributed by atoms with Crippen LogP contribution in [0, 0.1) is 23.3 Å². The molecule has 682 valence electrons. The Labute approximate surface area is 742 Å². The van der Waals surface area contributed by atoms with Crippen LogP contribution < -0.4 is 51.2 Å². The van der Waals surface area contributed by atoms with Crippen LogP contribution >= 0.6 is 0 Å². The molecule has 8 aromatic heterocycles. The predicted molar refractivity (Wildman–Crippen MR) is 464 cm³/mol. The lowest BCUT2D eigenvalue weighted by molar-refractivity contribution is 0.0504. The quantitative estimate of drug-likeness (QED) is 0.0158. The van der Waals surface area contributed by atoms with Crippen LogP contribution in [0.15, 0.2) is 171 Å². The van der Waals surface area contributed by atoms with Crippen molar-refractivity contribution in [3.63, 3.8) is 0 Å². The summed E-state index contributed by atoms with van der Waals surface area (Å²) in [5, 5.41) is 53.0. The summed E-state index contributed by atoms with van der Waals surface area (Å²) >= 11 is 0. The summed E-state index contributed by atoms with van der Waals surface area (Å²) in [7, 11) is 4.58. The van der Waals surface area contributed by atoms with Gasteiger partial charge in [0.05, 0.1) is 79.0 Å². The predicted octanol–water partition coefficient (Wildman–Crippen LogP) is 9.43. The van der Waals surface area contributed by atoms with Gasteiger partial charge in [0.2, 0.25) is 0 Å². The summed E-state index contributed by atoms with van der Waals surface area (Å²) in [4.78, 5) is 121. The van der Waals surface area contributed by atoms with E-state index in [0.717, 1.165) is 27.8 Å². The van der Waals surface area contributed by atoms with Crippen molar-refractivity contribution in [3.05, 3.63) is 289 Å². The van der Waals surface area contributed by atoms with Crippen LogP contribution in [0.25, 0.3) is 44.1 Å². The Bertz CT molecular complexity index is 6740. The van der Waals surface area contributed by atoms with Crippen molar-refractivity contribution in [1.82, 2.24) is 43.5 Å². The van der Waals surface area contributed by atoms with Crippen LogP contribution in [0.4, 0.5) is 17.6 Å². The number of aliphatic hydroxyl groups excluding tert-OH is 2. The lowest BCUT2D eigenvalue weighted by Gasteiger charge is -2.30. The first kappa shape index (κ1) is 92.5. The van der Waals surface area contributed by atoms with E-state index in [2.05, 4.69) is 25.3 Å². The first-order valence-electron chi connectivity index (χ1n) is 41.5. The maximum atomic E-state index is 13.8. The van der Waals surface area contributed by atoms with E-state index in [1.807, 2.05) is 30.3 Å². The molecule has 33 nitrogen and oxygen atoms in total. The van der Waals surface area contributed by atoms with Gasteiger partial charge in [0.25, 0.3) is 28.1 Å². The number of ether oxygens (including phenoxy) is 11. The molecule has 0 spiro atoms. The van der Waals surface area contributed by atoms with E-state index in [4.69, 9.17) is 57.2 Å². The first-order chi connectivity index (χ1) is 63.3. The summed E-state index contributed by atoms with van der Waals surface area (Å²) in [6, 6.07) is 33.5. The van der Waals surface area contributed by atoms with E-state index in [9.17, 15) is 76.3 Å². The van der Waals surface area contributed by atoms with Gasteiger partial charge in [0.15, 0.2) is 62.7 Å². The van der Waals surface area contributed by atoms with Crippen molar-refractivity contribution in [1.29, 1.82) is 0 Å². The normalized spacial score (nSPS) is 14.8. The Hall–Kier alpha value is -14.7. The number of pyridine rings is 8. The van der Waals surface area contributed by atoms with E-state index in [1.54, 1.807) is 82.6 Å². The third-order valence-corrected chi connectivity index (χ3v) is 21.5. The molecule has 5 aromatic carbocycles. The number of esters is 3. The van der Waals surface area contributed by atoms with Crippen molar-refractivity contribution in [2.24, 2.45) is 0 Å². The van der Waals surface area contributed by atoms with Crippen molar-refractivity contribution in [3.8, 4) is 46.0 Å². The summed E-state index contributed by atoms with van der Waals surface area (Å²) in [5.74, 6) is -5.02. The summed E-state index contributed by atoms with van der Waals surface area (Å²) < 4.78 is 120. The van der Waals surface area contributed by atoms with E-state index < -0.39 is 104 Å². The monoisotopic (exact) mass is 1800 g/mol. The molecule has 37 heteroatoms. The Morgan fingerprint density at radius 1 is 0.405 bits per heavy atom. The van der Waals surface area contributed by atoms with Crippen LogP contribution in [0.1, 0.15) is 112 Å². The highest BCUT2D eigenvalue weighted by Gasteiger charge is 2.38. The van der Waals surface area contributed by atoms with Gasteiger partial charge in [0, 0.05) is 101 Å². The number of carbonyl (C=O) groups excluding carboxylic acids is 4. The number of halogens is 4. The highest BCUT2D eigenvalue weighted by Crippen LogP contribution is 2.44. The Morgan fingerprint density at radius 2 is 0.702 bits per heavy atom. The Kier molecular flexibility index (Phi) is 29.1. The van der Waals surface area contributed by atoms with Gasteiger partial charge in [-0.2, -0.15) is 0 Å². The maximum absolute atomic E-state index is 13.8. The molecular weight excluding hydrogens is 1720 g/mol. The third kappa shape index (κ3) is 19.7. The molecule has 12 heterocycles. The number of hydrogen-bond acceptors (Lipinski definition) is 28. The smallest absolute Gasteiger partial charge is 0.347 e. The zero-order valence-electron chi connectivity index (χ0n) is 71.6. The largest absolute Gasteiger partial charge is 0.505 e. The number of hydrogen-bond donors (Lipinski definition) is 6. The number of methoxy groups -OCH3 is 3. The second-order valence-electron chi connectivity index (χ2n) is 30.4. The van der Waals surface area contributed by atoms with Gasteiger partial charge in [-0.05, 0) is 97.1 Å². The standard InChI is InChI=1S/C29H27FN2O6.C22H22FN3O6.C22H21FN2O6.C21H19FN2O6/c1-3-36-29(34)23-27(37-16-19-7-5-4-6-8-19)24-25-26(38-22(17-35-2)15-32(25)28(23)33)20(14-31-24)13-18-9-11-21(30)12-10-18;1-31-11-15-10-26-18-17(19(28)16(22(26)30)21(29)24-6-7-27)25-9-13(20(18)32-15)8-12-2-4-14(23)5-3-12;1-3-30-22(28)16-19(26)17-18-20(31-15(11-29-2)10-25(18)21(16)27)13(9-24-17)8-12-4-6-14(23)7-5-12;1-2-29-21(28)15-18(26)16-17-19(30-14(10-25)9-24(17)20(15)27)12(8-23-16)7-11-3-5-13(22)6-4-11/h4-12,14,22H,3,13,15-17H2,1-2H3;2-5,9,15,27-28H,6-8,10-11H2,1H3,(H,24,29);4-7,9,15,26H,3,8,10-11H2,1-2H3;3-6,8,14,25-26H,2,7,9-10H2,1H3. The fourth-order valence-corrected chi connectivity index (χ4v) is 15.6. The number of amides is 1. The van der Waals surface area contributed by atoms with E-state index in [1.165, 1.54) is 99.6 Å². The van der Waals surface area contributed by atoms with Gasteiger partial charge >= 0.3 is 17.9 Å². The minimum Gasteiger partial charge on any atom is -0.505 e. The second kappa shape index (κ2) is 41.2. The zero-order chi connectivity index (χ0) is 93.0. The average Bonchev–Trinajstić information content (AvgIpc) is 0.747. The van der Waals surface area contributed by atoms with E-state index in [0.29, 0.717) is 81.7 Å². The lowest BCUT2D eigenvalue weighted by Crippen LogP contribution is -2.41. The van der Waals surface area contributed by atoms with Gasteiger partial charge in [0.1, 0.15) is 104 Å². The molecule has 13 aromatic rings. The number of benzene rings is 5. The molecule has 0 saturated heterocycles. The second-order valence-corrected chi connectivity index (χ2v) is 30.4. The highest BCUT2D eigenvalue weighted by atomic mass is 19.1. The molecule has 0 aliphatic carbocycles. The molecule has 0 bridgehead atoms. The molecule has 4 unspecified atom stereocenters. The minimum atomic E-state index is -0.948. The molecular formula is C94H89F4N9O24. The molecule has 0 radical (unpaired) electrons. The number of nitrogens with zero attached hydrogens (tertiary/aromatic N) is 8. The van der Waals surface area contributed by atoms with E-state index in [-0.39, 0.29) is 160 Å². The molecule has 0 fully saturated rings. The first-order valence-corrected chi connectivity index (χ1v) is 41.5. The molecule has 4 aliphatic heterocycles. The van der Waals surface area contributed by atoms with Crippen LogP contribution in [0.3, 0.4) is 0 Å².